The standard InChI is InChI=1S/C19H24N2O3S/c1-12-7-13(2)14(3)17(8-12)24-10-18-21-16(11-25-18)19(22)20-9-15-5-4-6-23-15/h7-8,11,15H,4-6,9-10H2,1-3H3,(H,20,22)/t15-/m0/s1. The minimum Gasteiger partial charge on any atom is -0.486 e. The SMILES string of the molecule is Cc1cc(C)c(C)c(OCc2nc(C(=O)NC[C@@H]3CCCO3)cs2)c1. The highest BCUT2D eigenvalue weighted by Crippen LogP contribution is 2.24. The van der Waals surface area contributed by atoms with Gasteiger partial charge in [-0.25, -0.2) is 4.98 Å². The fraction of sp³-hybridized carbons (Fsp3) is 0.474. The highest BCUT2D eigenvalue weighted by Gasteiger charge is 2.18. The second-order valence-corrected chi connectivity index (χ2v) is 7.41. The van der Waals surface area contributed by atoms with Crippen LogP contribution >= 0.6 is 11.3 Å². The molecule has 0 bridgehead atoms. The van der Waals surface area contributed by atoms with Crippen LogP contribution in [0, 0.1) is 20.8 Å². The van der Waals surface area contributed by atoms with Crippen molar-refractivity contribution in [2.75, 3.05) is 13.2 Å². The lowest BCUT2D eigenvalue weighted by atomic mass is 10.1. The molecule has 1 aliphatic heterocycles. The molecule has 1 atom stereocenters. The fourth-order valence-electron chi connectivity index (χ4n) is 2.87. The molecule has 1 fully saturated rings. The molecule has 0 unspecified atom stereocenters. The van der Waals surface area contributed by atoms with Crippen molar-refractivity contribution in [1.82, 2.24) is 10.3 Å². The van der Waals surface area contributed by atoms with Gasteiger partial charge in [0.1, 0.15) is 23.1 Å². The van der Waals surface area contributed by atoms with Crippen LogP contribution in [0.2, 0.25) is 0 Å². The molecule has 0 spiro atoms. The molecule has 2 heterocycles. The van der Waals surface area contributed by atoms with E-state index in [9.17, 15) is 4.79 Å². The number of thiazole rings is 1. The molecule has 2 aromatic rings. The third-order valence-corrected chi connectivity index (χ3v) is 5.24. The van der Waals surface area contributed by atoms with Crippen LogP contribution in [0.1, 0.15) is 45.0 Å². The van der Waals surface area contributed by atoms with Gasteiger partial charge in [0.15, 0.2) is 0 Å². The van der Waals surface area contributed by atoms with E-state index in [1.54, 1.807) is 5.38 Å². The normalized spacial score (nSPS) is 16.8. The van der Waals surface area contributed by atoms with Gasteiger partial charge in [-0.2, -0.15) is 0 Å². The first kappa shape index (κ1) is 17.9. The van der Waals surface area contributed by atoms with Crippen LogP contribution in [0.4, 0.5) is 0 Å². The van der Waals surface area contributed by atoms with Gasteiger partial charge in [0, 0.05) is 18.5 Å². The predicted molar refractivity (Wildman–Crippen MR) is 98.4 cm³/mol. The number of aryl methyl sites for hydroxylation is 2. The van der Waals surface area contributed by atoms with Gasteiger partial charge >= 0.3 is 0 Å². The van der Waals surface area contributed by atoms with Crippen molar-refractivity contribution in [1.29, 1.82) is 0 Å². The Bertz CT molecular complexity index is 751. The third kappa shape index (κ3) is 4.58. The molecule has 0 radical (unpaired) electrons. The second-order valence-electron chi connectivity index (χ2n) is 6.47. The van der Waals surface area contributed by atoms with Gasteiger partial charge in [0.05, 0.1) is 6.10 Å². The quantitative estimate of drug-likeness (QED) is 0.856. The number of hydrogen-bond donors (Lipinski definition) is 1. The lowest BCUT2D eigenvalue weighted by Gasteiger charge is -2.11. The number of hydrogen-bond acceptors (Lipinski definition) is 5. The van der Waals surface area contributed by atoms with Crippen LogP contribution in [-0.2, 0) is 11.3 Å². The van der Waals surface area contributed by atoms with Crippen molar-refractivity contribution in [2.24, 2.45) is 0 Å². The average molecular weight is 360 g/mol. The largest absolute Gasteiger partial charge is 0.486 e. The Morgan fingerprint density at radius 1 is 1.40 bits per heavy atom. The van der Waals surface area contributed by atoms with E-state index >= 15 is 0 Å². The van der Waals surface area contributed by atoms with Crippen molar-refractivity contribution in [3.63, 3.8) is 0 Å². The summed E-state index contributed by atoms with van der Waals surface area (Å²) in [5.74, 6) is 0.720. The lowest BCUT2D eigenvalue weighted by Crippen LogP contribution is -2.31. The third-order valence-electron chi connectivity index (χ3n) is 4.41. The number of carbonyl (C=O) groups excluding carboxylic acids is 1. The Labute approximate surface area is 152 Å². The molecule has 1 amide bonds. The number of ether oxygens (including phenoxy) is 2. The van der Waals surface area contributed by atoms with Gasteiger partial charge in [-0.3, -0.25) is 4.79 Å². The Hall–Kier alpha value is -1.92. The Kier molecular flexibility index (Phi) is 5.71. The summed E-state index contributed by atoms with van der Waals surface area (Å²) in [7, 11) is 0. The first-order valence-corrected chi connectivity index (χ1v) is 9.45. The lowest BCUT2D eigenvalue weighted by molar-refractivity contribution is 0.0854. The Morgan fingerprint density at radius 2 is 2.24 bits per heavy atom. The summed E-state index contributed by atoms with van der Waals surface area (Å²) >= 11 is 1.44. The highest BCUT2D eigenvalue weighted by atomic mass is 32.1. The minimum atomic E-state index is -0.152. The number of benzene rings is 1. The Morgan fingerprint density at radius 3 is 3.00 bits per heavy atom. The number of amides is 1. The summed E-state index contributed by atoms with van der Waals surface area (Å²) in [5, 5.41) is 5.46. The summed E-state index contributed by atoms with van der Waals surface area (Å²) in [6.07, 6.45) is 2.21. The van der Waals surface area contributed by atoms with Crippen molar-refractivity contribution < 1.29 is 14.3 Å². The van der Waals surface area contributed by atoms with Crippen LogP contribution in [-0.4, -0.2) is 30.1 Å². The monoisotopic (exact) mass is 360 g/mol. The van der Waals surface area contributed by atoms with Crippen LogP contribution in [0.3, 0.4) is 0 Å². The second kappa shape index (κ2) is 7.97. The molecule has 1 saturated heterocycles. The van der Waals surface area contributed by atoms with Crippen molar-refractivity contribution >= 4 is 17.2 Å². The van der Waals surface area contributed by atoms with Crippen LogP contribution < -0.4 is 10.1 Å². The van der Waals surface area contributed by atoms with E-state index in [4.69, 9.17) is 9.47 Å². The first-order valence-electron chi connectivity index (χ1n) is 8.58. The van der Waals surface area contributed by atoms with E-state index in [1.165, 1.54) is 22.5 Å². The van der Waals surface area contributed by atoms with E-state index in [0.29, 0.717) is 18.8 Å². The molecule has 5 nitrogen and oxygen atoms in total. The topological polar surface area (TPSA) is 60.5 Å². The molecule has 0 aliphatic carbocycles. The molecule has 3 rings (SSSR count). The summed E-state index contributed by atoms with van der Waals surface area (Å²) < 4.78 is 11.4. The molecule has 1 aliphatic rings. The van der Waals surface area contributed by atoms with Gasteiger partial charge in [-0.1, -0.05) is 6.07 Å². The van der Waals surface area contributed by atoms with Crippen molar-refractivity contribution in [3.8, 4) is 5.75 Å². The van der Waals surface area contributed by atoms with Gasteiger partial charge in [-0.05, 0) is 56.4 Å². The summed E-state index contributed by atoms with van der Waals surface area (Å²) in [4.78, 5) is 16.6. The maximum atomic E-state index is 12.2. The Balaban J connectivity index is 1.55. The van der Waals surface area contributed by atoms with E-state index in [2.05, 4.69) is 37.1 Å². The van der Waals surface area contributed by atoms with Crippen LogP contribution in [0.5, 0.6) is 5.75 Å². The van der Waals surface area contributed by atoms with E-state index in [-0.39, 0.29) is 12.0 Å². The van der Waals surface area contributed by atoms with E-state index in [0.717, 1.165) is 35.8 Å². The number of carbonyl (C=O) groups is 1. The zero-order valence-electron chi connectivity index (χ0n) is 14.9. The summed E-state index contributed by atoms with van der Waals surface area (Å²) in [6, 6.07) is 4.17. The molecule has 1 N–H and O–H groups in total. The van der Waals surface area contributed by atoms with Crippen LogP contribution in [0.25, 0.3) is 0 Å². The molecular weight excluding hydrogens is 336 g/mol. The zero-order valence-corrected chi connectivity index (χ0v) is 15.7. The van der Waals surface area contributed by atoms with Crippen LogP contribution in [0.15, 0.2) is 17.5 Å². The molecule has 25 heavy (non-hydrogen) atoms. The zero-order chi connectivity index (χ0) is 17.8. The number of aromatic nitrogens is 1. The average Bonchev–Trinajstić information content (AvgIpc) is 3.26. The number of rotatable bonds is 6. The molecule has 6 heteroatoms. The van der Waals surface area contributed by atoms with Gasteiger partial charge in [-0.15, -0.1) is 11.3 Å². The molecular formula is C19H24N2O3S. The summed E-state index contributed by atoms with van der Waals surface area (Å²) in [5.41, 5.74) is 3.96. The highest BCUT2D eigenvalue weighted by molar-refractivity contribution is 7.09. The van der Waals surface area contributed by atoms with Gasteiger partial charge in [0.25, 0.3) is 5.91 Å². The maximum absolute atomic E-state index is 12.2. The molecule has 1 aromatic carbocycles. The fourth-order valence-corrected chi connectivity index (χ4v) is 3.56. The molecule has 134 valence electrons. The van der Waals surface area contributed by atoms with E-state index in [1.807, 2.05) is 6.07 Å². The van der Waals surface area contributed by atoms with Gasteiger partial charge in [0.2, 0.25) is 0 Å². The van der Waals surface area contributed by atoms with Crippen molar-refractivity contribution in [2.45, 2.75) is 46.3 Å². The number of nitrogens with one attached hydrogen (secondary N) is 1. The maximum Gasteiger partial charge on any atom is 0.270 e. The first-order chi connectivity index (χ1) is 12.0. The predicted octanol–water partition coefficient (Wildman–Crippen LogP) is 3.56. The van der Waals surface area contributed by atoms with E-state index < -0.39 is 0 Å². The number of nitrogens with zero attached hydrogens (tertiary/aromatic N) is 1. The molecule has 1 aromatic heterocycles. The minimum absolute atomic E-state index is 0.137. The van der Waals surface area contributed by atoms with Gasteiger partial charge < -0.3 is 14.8 Å². The smallest absolute Gasteiger partial charge is 0.270 e. The molecule has 0 saturated carbocycles. The van der Waals surface area contributed by atoms with Crippen molar-refractivity contribution in [3.05, 3.63) is 44.9 Å². The summed E-state index contributed by atoms with van der Waals surface area (Å²) in [6.45, 7) is 7.89.